The fourth-order valence-electron chi connectivity index (χ4n) is 1.57. The van der Waals surface area contributed by atoms with Crippen molar-refractivity contribution in [1.82, 2.24) is 0 Å². The number of halogens is 2. The van der Waals surface area contributed by atoms with Crippen molar-refractivity contribution in [3.63, 3.8) is 0 Å². The van der Waals surface area contributed by atoms with Crippen LogP contribution in [0, 0.1) is 12.7 Å². The van der Waals surface area contributed by atoms with E-state index >= 15 is 0 Å². The van der Waals surface area contributed by atoms with E-state index in [2.05, 4.69) is 10.6 Å². The second kappa shape index (κ2) is 5.99. The van der Waals surface area contributed by atoms with Crippen molar-refractivity contribution in [1.29, 1.82) is 0 Å². The summed E-state index contributed by atoms with van der Waals surface area (Å²) in [5.41, 5.74) is 2.65. The molecule has 0 heterocycles. The van der Waals surface area contributed by atoms with E-state index in [9.17, 15) is 4.39 Å². The fourth-order valence-corrected chi connectivity index (χ4v) is 1.98. The Hall–Kier alpha value is -1.65. The van der Waals surface area contributed by atoms with Crippen LogP contribution in [-0.4, -0.2) is 5.11 Å². The molecule has 0 spiro atoms. The molecule has 19 heavy (non-hydrogen) atoms. The van der Waals surface area contributed by atoms with E-state index in [4.69, 9.17) is 23.8 Å². The van der Waals surface area contributed by atoms with Crippen LogP contribution in [0.2, 0.25) is 5.02 Å². The Morgan fingerprint density at radius 2 is 1.89 bits per heavy atom. The summed E-state index contributed by atoms with van der Waals surface area (Å²) < 4.78 is 13.0. The number of thiocarbonyl (C=S) groups is 1. The summed E-state index contributed by atoms with van der Waals surface area (Å²) in [7, 11) is 0. The quantitative estimate of drug-likeness (QED) is 0.792. The number of benzene rings is 2. The van der Waals surface area contributed by atoms with E-state index in [-0.39, 0.29) is 5.02 Å². The molecule has 0 bridgehead atoms. The van der Waals surface area contributed by atoms with Gasteiger partial charge in [-0.2, -0.15) is 0 Å². The summed E-state index contributed by atoms with van der Waals surface area (Å²) in [6.07, 6.45) is 0. The van der Waals surface area contributed by atoms with Crippen molar-refractivity contribution in [2.24, 2.45) is 0 Å². The predicted octanol–water partition coefficient (Wildman–Crippen LogP) is 4.60. The van der Waals surface area contributed by atoms with Crippen LogP contribution < -0.4 is 10.6 Å². The Kier molecular flexibility index (Phi) is 4.35. The molecular weight excluding hydrogens is 283 g/mol. The predicted molar refractivity (Wildman–Crippen MR) is 82.4 cm³/mol. The van der Waals surface area contributed by atoms with Crippen molar-refractivity contribution < 1.29 is 4.39 Å². The average molecular weight is 295 g/mol. The topological polar surface area (TPSA) is 24.1 Å². The normalized spacial score (nSPS) is 10.1. The van der Waals surface area contributed by atoms with Gasteiger partial charge < -0.3 is 10.6 Å². The molecule has 2 rings (SSSR count). The van der Waals surface area contributed by atoms with E-state index in [1.165, 1.54) is 12.1 Å². The Balaban J connectivity index is 2.05. The molecule has 0 fully saturated rings. The van der Waals surface area contributed by atoms with E-state index in [0.717, 1.165) is 11.3 Å². The van der Waals surface area contributed by atoms with Gasteiger partial charge in [0.05, 0.1) is 5.02 Å². The van der Waals surface area contributed by atoms with Gasteiger partial charge in [-0.15, -0.1) is 0 Å². The number of para-hydroxylation sites is 1. The molecular formula is C14H12ClFN2S. The molecule has 5 heteroatoms. The minimum absolute atomic E-state index is 0.0590. The van der Waals surface area contributed by atoms with E-state index in [0.29, 0.717) is 10.8 Å². The van der Waals surface area contributed by atoms with Gasteiger partial charge in [0.1, 0.15) is 5.82 Å². The van der Waals surface area contributed by atoms with Crippen molar-refractivity contribution in [3.05, 3.63) is 58.9 Å². The van der Waals surface area contributed by atoms with Crippen molar-refractivity contribution >= 4 is 40.3 Å². The lowest BCUT2D eigenvalue weighted by molar-refractivity contribution is 0.628. The lowest BCUT2D eigenvalue weighted by atomic mass is 10.2. The maximum absolute atomic E-state index is 13.0. The van der Waals surface area contributed by atoms with Crippen LogP contribution in [0.3, 0.4) is 0 Å². The molecule has 0 amide bonds. The summed E-state index contributed by atoms with van der Waals surface area (Å²) >= 11 is 10.9. The van der Waals surface area contributed by atoms with Crippen LogP contribution in [0.5, 0.6) is 0 Å². The number of hydrogen-bond donors (Lipinski definition) is 2. The van der Waals surface area contributed by atoms with Crippen molar-refractivity contribution in [2.45, 2.75) is 6.92 Å². The molecule has 2 aromatic rings. The van der Waals surface area contributed by atoms with Gasteiger partial charge in [0.15, 0.2) is 5.11 Å². The zero-order valence-electron chi connectivity index (χ0n) is 10.2. The Labute approximate surface area is 121 Å². The van der Waals surface area contributed by atoms with Crippen LogP contribution in [-0.2, 0) is 0 Å². The van der Waals surface area contributed by atoms with Gasteiger partial charge in [-0.1, -0.05) is 29.8 Å². The third-order valence-corrected chi connectivity index (χ3v) is 3.06. The number of nitrogens with one attached hydrogen (secondary N) is 2. The van der Waals surface area contributed by atoms with Crippen molar-refractivity contribution in [2.75, 3.05) is 10.6 Å². The van der Waals surface area contributed by atoms with Gasteiger partial charge in [0.2, 0.25) is 0 Å². The summed E-state index contributed by atoms with van der Waals surface area (Å²) in [6.45, 7) is 1.99. The molecule has 0 unspecified atom stereocenters. The van der Waals surface area contributed by atoms with E-state index < -0.39 is 5.82 Å². The third-order valence-electron chi connectivity index (χ3n) is 2.57. The first-order valence-electron chi connectivity index (χ1n) is 5.65. The zero-order valence-corrected chi connectivity index (χ0v) is 11.8. The molecule has 98 valence electrons. The maximum atomic E-state index is 13.0. The fraction of sp³-hybridized carbons (Fsp3) is 0.0714. The first-order valence-corrected chi connectivity index (χ1v) is 6.43. The largest absolute Gasteiger partial charge is 0.332 e. The molecule has 2 nitrogen and oxygen atoms in total. The molecule has 2 aromatic carbocycles. The summed E-state index contributed by atoms with van der Waals surface area (Å²) in [5.74, 6) is -0.454. The molecule has 0 saturated heterocycles. The lowest BCUT2D eigenvalue weighted by Gasteiger charge is -2.12. The average Bonchev–Trinajstić information content (AvgIpc) is 2.37. The smallest absolute Gasteiger partial charge is 0.175 e. The second-order valence-corrected chi connectivity index (χ2v) is 4.84. The number of hydrogen-bond acceptors (Lipinski definition) is 1. The maximum Gasteiger partial charge on any atom is 0.175 e. The van der Waals surface area contributed by atoms with Gasteiger partial charge in [0, 0.05) is 11.4 Å². The van der Waals surface area contributed by atoms with Gasteiger partial charge in [-0.25, -0.2) is 4.39 Å². The first-order chi connectivity index (χ1) is 9.06. The Morgan fingerprint density at radius 1 is 1.16 bits per heavy atom. The summed E-state index contributed by atoms with van der Waals surface area (Å²) in [6, 6.07) is 12.2. The van der Waals surface area contributed by atoms with Gasteiger partial charge in [0.25, 0.3) is 0 Å². The highest BCUT2D eigenvalue weighted by Gasteiger charge is 2.04. The summed E-state index contributed by atoms with van der Waals surface area (Å²) in [4.78, 5) is 0. The minimum atomic E-state index is -0.454. The minimum Gasteiger partial charge on any atom is -0.332 e. The first kappa shape index (κ1) is 13.8. The van der Waals surface area contributed by atoms with Crippen LogP contribution in [0.1, 0.15) is 5.56 Å². The lowest BCUT2D eigenvalue weighted by Crippen LogP contribution is -2.19. The highest BCUT2D eigenvalue weighted by molar-refractivity contribution is 7.80. The van der Waals surface area contributed by atoms with E-state index in [1.807, 2.05) is 31.2 Å². The van der Waals surface area contributed by atoms with Crippen LogP contribution >= 0.6 is 23.8 Å². The number of aryl methyl sites for hydroxylation is 1. The molecule has 0 aliphatic rings. The zero-order chi connectivity index (χ0) is 13.8. The third kappa shape index (κ3) is 3.66. The molecule has 0 radical (unpaired) electrons. The SMILES string of the molecule is Cc1ccccc1NC(=S)Nc1ccc(F)c(Cl)c1. The van der Waals surface area contributed by atoms with Crippen LogP contribution in [0.25, 0.3) is 0 Å². The molecule has 0 saturated carbocycles. The van der Waals surface area contributed by atoms with Gasteiger partial charge in [-0.3, -0.25) is 0 Å². The van der Waals surface area contributed by atoms with Gasteiger partial charge >= 0.3 is 0 Å². The number of anilines is 2. The van der Waals surface area contributed by atoms with Crippen molar-refractivity contribution in [3.8, 4) is 0 Å². The van der Waals surface area contributed by atoms with Gasteiger partial charge in [-0.05, 0) is 49.0 Å². The van der Waals surface area contributed by atoms with Crippen LogP contribution in [0.15, 0.2) is 42.5 Å². The van der Waals surface area contributed by atoms with Crippen LogP contribution in [0.4, 0.5) is 15.8 Å². The Morgan fingerprint density at radius 3 is 2.58 bits per heavy atom. The molecule has 2 N–H and O–H groups in total. The number of rotatable bonds is 2. The standard InChI is InChI=1S/C14H12ClFN2S/c1-9-4-2-3-5-13(9)18-14(19)17-10-6-7-12(16)11(15)8-10/h2-8H,1H3,(H2,17,18,19). The monoisotopic (exact) mass is 294 g/mol. The molecule has 0 aromatic heterocycles. The second-order valence-electron chi connectivity index (χ2n) is 4.02. The highest BCUT2D eigenvalue weighted by Crippen LogP contribution is 2.20. The highest BCUT2D eigenvalue weighted by atomic mass is 35.5. The molecule has 0 aliphatic carbocycles. The summed E-state index contributed by atoms with van der Waals surface area (Å²) in [5, 5.41) is 6.52. The van der Waals surface area contributed by atoms with E-state index in [1.54, 1.807) is 6.07 Å². The molecule has 0 atom stereocenters. The molecule has 0 aliphatic heterocycles. The Bertz CT molecular complexity index is 616.